The van der Waals surface area contributed by atoms with Gasteiger partial charge in [-0.2, -0.15) is 5.10 Å². The molecule has 6 nitrogen and oxygen atoms in total. The molecule has 31 heavy (non-hydrogen) atoms. The summed E-state index contributed by atoms with van der Waals surface area (Å²) in [6.07, 6.45) is 1.60. The number of carbonyl (C=O) groups is 2. The Kier molecular flexibility index (Phi) is 6.35. The zero-order valence-electron chi connectivity index (χ0n) is 16.4. The first-order valence-corrected chi connectivity index (χ1v) is 10.5. The summed E-state index contributed by atoms with van der Waals surface area (Å²) in [4.78, 5) is 24.2. The molecule has 0 spiro atoms. The Morgan fingerprint density at radius 2 is 1.61 bits per heavy atom. The van der Waals surface area contributed by atoms with Gasteiger partial charge in [-0.3, -0.25) is 9.59 Å². The Morgan fingerprint density at radius 1 is 0.903 bits per heavy atom. The van der Waals surface area contributed by atoms with Gasteiger partial charge in [0, 0.05) is 26.6 Å². The first-order chi connectivity index (χ1) is 15.2. The fourth-order valence-electron chi connectivity index (χ4n) is 2.87. The number of hydrogen-bond acceptors (Lipinski definition) is 5. The van der Waals surface area contributed by atoms with Crippen molar-refractivity contribution in [1.29, 1.82) is 0 Å². The Labute approximate surface area is 183 Å². The zero-order chi connectivity index (χ0) is 21.5. The molecule has 1 heterocycles. The van der Waals surface area contributed by atoms with E-state index in [4.69, 9.17) is 4.74 Å². The number of nitrogens with zero attached hydrogens (tertiary/aromatic N) is 1. The van der Waals surface area contributed by atoms with Crippen molar-refractivity contribution in [2.45, 2.75) is 0 Å². The summed E-state index contributed by atoms with van der Waals surface area (Å²) in [6.45, 7) is -0.178. The van der Waals surface area contributed by atoms with Gasteiger partial charge in [-0.1, -0.05) is 36.4 Å². The number of ether oxygens (including phenoxy) is 1. The smallest absolute Gasteiger partial charge is 0.259 e. The van der Waals surface area contributed by atoms with Gasteiger partial charge in [0.15, 0.2) is 0 Å². The number of fused-ring (bicyclic) bond motifs is 1. The average Bonchev–Trinajstić information content (AvgIpc) is 3.22. The van der Waals surface area contributed by atoms with Crippen molar-refractivity contribution in [3.8, 4) is 11.5 Å². The number of hydrazone groups is 1. The third-order valence-corrected chi connectivity index (χ3v) is 5.39. The third-order valence-electron chi connectivity index (χ3n) is 4.41. The Balaban J connectivity index is 1.25. The summed E-state index contributed by atoms with van der Waals surface area (Å²) < 4.78 is 6.86. The average molecular weight is 430 g/mol. The maximum atomic E-state index is 12.3. The Bertz CT molecular complexity index is 1220. The van der Waals surface area contributed by atoms with Gasteiger partial charge >= 0.3 is 0 Å². The predicted octanol–water partition coefficient (Wildman–Crippen LogP) is 4.57. The van der Waals surface area contributed by atoms with Crippen molar-refractivity contribution < 1.29 is 14.3 Å². The molecule has 0 saturated carbocycles. The normalized spacial score (nSPS) is 10.8. The van der Waals surface area contributed by atoms with E-state index in [1.165, 1.54) is 0 Å². The van der Waals surface area contributed by atoms with E-state index in [2.05, 4.69) is 15.8 Å². The van der Waals surface area contributed by atoms with Crippen molar-refractivity contribution >= 4 is 39.5 Å². The minimum atomic E-state index is -0.409. The number of carbonyl (C=O) groups excluding carboxylic acids is 2. The molecule has 0 bridgehead atoms. The number of hydrogen-bond donors (Lipinski definition) is 2. The second-order valence-electron chi connectivity index (χ2n) is 6.60. The van der Waals surface area contributed by atoms with Crippen LogP contribution in [0.15, 0.2) is 89.3 Å². The molecule has 2 N–H and O–H groups in total. The first kappa shape index (κ1) is 20.3. The van der Waals surface area contributed by atoms with Gasteiger partial charge in [-0.15, -0.1) is 11.3 Å². The van der Waals surface area contributed by atoms with Gasteiger partial charge in [0.1, 0.15) is 11.5 Å². The minimum absolute atomic E-state index is 0.178. The fraction of sp³-hybridized carbons (Fsp3) is 0.0417. The van der Waals surface area contributed by atoms with E-state index < -0.39 is 5.91 Å². The summed E-state index contributed by atoms with van der Waals surface area (Å²) in [5, 5.41) is 9.62. The standard InChI is InChI=1S/C24H19N3O3S/c28-23(27-26-14-18-16-31-22-9-5-4-8-21(18)22)15-25-24(29)17-10-12-20(13-11-17)30-19-6-2-1-3-7-19/h1-14,16H,15H2,(H,25,29)(H,27,28). The van der Waals surface area contributed by atoms with Crippen LogP contribution in [0.1, 0.15) is 15.9 Å². The lowest BCUT2D eigenvalue weighted by atomic mass is 10.2. The van der Waals surface area contributed by atoms with Crippen molar-refractivity contribution in [3.63, 3.8) is 0 Å². The molecule has 2 amide bonds. The van der Waals surface area contributed by atoms with Crippen LogP contribution in [0.5, 0.6) is 11.5 Å². The summed E-state index contributed by atoms with van der Waals surface area (Å²) in [5.41, 5.74) is 3.79. The highest BCUT2D eigenvalue weighted by Crippen LogP contribution is 2.24. The minimum Gasteiger partial charge on any atom is -0.457 e. The lowest BCUT2D eigenvalue weighted by Gasteiger charge is -2.07. The van der Waals surface area contributed by atoms with Crippen LogP contribution in [0.4, 0.5) is 0 Å². The van der Waals surface area contributed by atoms with Crippen LogP contribution in [-0.4, -0.2) is 24.6 Å². The fourth-order valence-corrected chi connectivity index (χ4v) is 3.79. The van der Waals surface area contributed by atoms with Crippen LogP contribution in [0.2, 0.25) is 0 Å². The lowest BCUT2D eigenvalue weighted by Crippen LogP contribution is -2.34. The van der Waals surface area contributed by atoms with Gasteiger partial charge < -0.3 is 10.1 Å². The third kappa shape index (κ3) is 5.34. The molecule has 4 rings (SSSR count). The van der Waals surface area contributed by atoms with E-state index in [9.17, 15) is 9.59 Å². The molecule has 154 valence electrons. The van der Waals surface area contributed by atoms with Gasteiger partial charge in [-0.05, 0) is 42.5 Å². The summed E-state index contributed by atoms with van der Waals surface area (Å²) >= 11 is 1.62. The monoisotopic (exact) mass is 429 g/mol. The number of benzene rings is 3. The Morgan fingerprint density at radius 3 is 2.42 bits per heavy atom. The highest BCUT2D eigenvalue weighted by Gasteiger charge is 2.08. The van der Waals surface area contributed by atoms with Crippen molar-refractivity contribution in [3.05, 3.63) is 95.4 Å². The maximum Gasteiger partial charge on any atom is 0.259 e. The molecular formula is C24H19N3O3S. The highest BCUT2D eigenvalue weighted by atomic mass is 32.1. The van der Waals surface area contributed by atoms with Crippen LogP contribution in [-0.2, 0) is 4.79 Å². The summed E-state index contributed by atoms with van der Waals surface area (Å²) in [7, 11) is 0. The molecular weight excluding hydrogens is 410 g/mol. The van der Waals surface area contributed by atoms with E-state index >= 15 is 0 Å². The molecule has 4 aromatic rings. The van der Waals surface area contributed by atoms with Gasteiger partial charge in [-0.25, -0.2) is 5.43 Å². The molecule has 0 aliphatic rings. The predicted molar refractivity (Wildman–Crippen MR) is 123 cm³/mol. The number of rotatable bonds is 7. The van der Waals surface area contributed by atoms with Gasteiger partial charge in [0.05, 0.1) is 12.8 Å². The second-order valence-corrected chi connectivity index (χ2v) is 7.51. The molecule has 1 aromatic heterocycles. The van der Waals surface area contributed by atoms with E-state index in [0.717, 1.165) is 15.6 Å². The van der Waals surface area contributed by atoms with Crippen LogP contribution >= 0.6 is 11.3 Å². The lowest BCUT2D eigenvalue weighted by molar-refractivity contribution is -0.120. The van der Waals surface area contributed by atoms with E-state index in [0.29, 0.717) is 17.1 Å². The van der Waals surface area contributed by atoms with E-state index in [1.807, 2.05) is 60.0 Å². The van der Waals surface area contributed by atoms with Gasteiger partial charge in [0.25, 0.3) is 11.8 Å². The number of thiophene rings is 1. The molecule has 0 fully saturated rings. The highest BCUT2D eigenvalue weighted by molar-refractivity contribution is 7.17. The van der Waals surface area contributed by atoms with Crippen molar-refractivity contribution in [2.75, 3.05) is 6.54 Å². The molecule has 0 radical (unpaired) electrons. The first-order valence-electron chi connectivity index (χ1n) is 9.58. The largest absolute Gasteiger partial charge is 0.457 e. The maximum absolute atomic E-state index is 12.3. The topological polar surface area (TPSA) is 79.8 Å². The Hall–Kier alpha value is -3.97. The molecule has 0 unspecified atom stereocenters. The number of para-hydroxylation sites is 1. The van der Waals surface area contributed by atoms with Crippen molar-refractivity contribution in [2.24, 2.45) is 5.10 Å². The second kappa shape index (κ2) is 9.69. The van der Waals surface area contributed by atoms with Crippen LogP contribution < -0.4 is 15.5 Å². The van der Waals surface area contributed by atoms with E-state index in [-0.39, 0.29) is 12.5 Å². The van der Waals surface area contributed by atoms with Crippen LogP contribution in [0.25, 0.3) is 10.1 Å². The van der Waals surface area contributed by atoms with Crippen LogP contribution in [0.3, 0.4) is 0 Å². The molecule has 7 heteroatoms. The molecule has 3 aromatic carbocycles. The van der Waals surface area contributed by atoms with Gasteiger partial charge in [0.2, 0.25) is 0 Å². The molecule has 0 aliphatic heterocycles. The molecule has 0 aliphatic carbocycles. The van der Waals surface area contributed by atoms with E-state index in [1.54, 1.807) is 41.8 Å². The molecule has 0 saturated heterocycles. The molecule has 0 atom stereocenters. The summed E-state index contributed by atoms with van der Waals surface area (Å²) in [6, 6.07) is 24.1. The number of amides is 2. The quantitative estimate of drug-likeness (QED) is 0.334. The SMILES string of the molecule is O=C(CNC(=O)c1ccc(Oc2ccccc2)cc1)NN=Cc1csc2ccccc12. The summed E-state index contributed by atoms with van der Waals surface area (Å²) in [5.74, 6) is 0.575. The number of nitrogens with one attached hydrogen (secondary N) is 2. The zero-order valence-corrected chi connectivity index (χ0v) is 17.3. The van der Waals surface area contributed by atoms with Crippen molar-refractivity contribution in [1.82, 2.24) is 10.7 Å². The van der Waals surface area contributed by atoms with Crippen LogP contribution in [0, 0.1) is 0 Å².